The largest absolute Gasteiger partial charge is 0.461 e. The van der Waals surface area contributed by atoms with Gasteiger partial charge in [-0.15, -0.1) is 12.4 Å². The molecule has 5 heteroatoms. The highest BCUT2D eigenvalue weighted by molar-refractivity contribution is 5.89. The van der Waals surface area contributed by atoms with E-state index in [1.807, 2.05) is 0 Å². The zero-order valence-corrected chi connectivity index (χ0v) is 11.6. The molecule has 0 unspecified atom stereocenters. The lowest BCUT2D eigenvalue weighted by Crippen LogP contribution is -2.25. The third-order valence-electron chi connectivity index (χ3n) is 2.21. The van der Waals surface area contributed by atoms with Gasteiger partial charge >= 0.3 is 5.97 Å². The van der Waals surface area contributed by atoms with E-state index in [4.69, 9.17) is 10.5 Å². The monoisotopic (exact) mass is 272 g/mol. The summed E-state index contributed by atoms with van der Waals surface area (Å²) in [6.45, 7) is 6.26. The van der Waals surface area contributed by atoms with E-state index >= 15 is 0 Å². The molecule has 0 amide bonds. The second-order valence-corrected chi connectivity index (χ2v) is 4.36. The fourth-order valence-electron chi connectivity index (χ4n) is 1.31. The lowest BCUT2D eigenvalue weighted by molar-refractivity contribution is 0.0508. The first-order chi connectivity index (χ1) is 8.09. The van der Waals surface area contributed by atoms with Crippen molar-refractivity contribution in [3.8, 4) is 0 Å². The number of carbonyl (C=O) groups excluding carboxylic acids is 1. The molecule has 0 spiro atoms. The van der Waals surface area contributed by atoms with Gasteiger partial charge in [0.2, 0.25) is 0 Å². The number of nitrogen functional groups attached to an aromatic ring is 1. The fourth-order valence-corrected chi connectivity index (χ4v) is 1.31. The third kappa shape index (κ3) is 6.47. The van der Waals surface area contributed by atoms with E-state index in [9.17, 15) is 4.79 Å². The Labute approximate surface area is 114 Å². The Morgan fingerprint density at radius 1 is 1.33 bits per heavy atom. The molecule has 0 aliphatic rings. The summed E-state index contributed by atoms with van der Waals surface area (Å²) in [5.74, 6) is 0.291. The van der Waals surface area contributed by atoms with Gasteiger partial charge in [-0.05, 0) is 36.7 Å². The van der Waals surface area contributed by atoms with Crippen LogP contribution in [0, 0.1) is 5.92 Å². The SMILES string of the molecule is CC(C)CNCCOC(=O)c1ccc(N)cc1.Cl. The van der Waals surface area contributed by atoms with E-state index in [1.54, 1.807) is 24.3 Å². The maximum atomic E-state index is 11.6. The topological polar surface area (TPSA) is 64.3 Å². The van der Waals surface area contributed by atoms with Crippen LogP contribution in [0.15, 0.2) is 24.3 Å². The summed E-state index contributed by atoms with van der Waals surface area (Å²) in [6.07, 6.45) is 0. The summed E-state index contributed by atoms with van der Waals surface area (Å²) in [6, 6.07) is 6.71. The maximum Gasteiger partial charge on any atom is 0.338 e. The van der Waals surface area contributed by atoms with Crippen LogP contribution >= 0.6 is 12.4 Å². The Bertz CT molecular complexity index is 353. The molecule has 1 aromatic rings. The number of nitrogens with one attached hydrogen (secondary N) is 1. The van der Waals surface area contributed by atoms with Crippen LogP contribution in [0.2, 0.25) is 0 Å². The van der Waals surface area contributed by atoms with Crippen LogP contribution in [0.3, 0.4) is 0 Å². The first-order valence-electron chi connectivity index (χ1n) is 5.83. The summed E-state index contributed by atoms with van der Waals surface area (Å²) in [5, 5.41) is 3.20. The zero-order valence-electron chi connectivity index (χ0n) is 10.8. The predicted octanol–water partition coefficient (Wildman–Crippen LogP) is 2.09. The van der Waals surface area contributed by atoms with E-state index in [1.165, 1.54) is 0 Å². The second kappa shape index (κ2) is 8.78. The number of hydrogen-bond acceptors (Lipinski definition) is 4. The molecule has 0 atom stereocenters. The average Bonchev–Trinajstić information content (AvgIpc) is 2.29. The number of esters is 1. The minimum absolute atomic E-state index is 0. The van der Waals surface area contributed by atoms with Gasteiger partial charge in [-0.2, -0.15) is 0 Å². The number of carbonyl (C=O) groups is 1. The molecule has 0 heterocycles. The van der Waals surface area contributed by atoms with Gasteiger partial charge in [0.05, 0.1) is 5.56 Å². The van der Waals surface area contributed by atoms with Crippen LogP contribution < -0.4 is 11.1 Å². The number of benzene rings is 1. The van der Waals surface area contributed by atoms with Crippen molar-refractivity contribution in [3.05, 3.63) is 29.8 Å². The van der Waals surface area contributed by atoms with Crippen LogP contribution in [0.1, 0.15) is 24.2 Å². The second-order valence-electron chi connectivity index (χ2n) is 4.36. The molecule has 0 aromatic heterocycles. The van der Waals surface area contributed by atoms with Crippen molar-refractivity contribution < 1.29 is 9.53 Å². The van der Waals surface area contributed by atoms with Gasteiger partial charge in [0.1, 0.15) is 6.61 Å². The number of rotatable bonds is 6. The Hall–Kier alpha value is -1.26. The average molecular weight is 273 g/mol. The maximum absolute atomic E-state index is 11.6. The van der Waals surface area contributed by atoms with Crippen molar-refractivity contribution in [1.82, 2.24) is 5.32 Å². The van der Waals surface area contributed by atoms with Crippen molar-refractivity contribution in [2.45, 2.75) is 13.8 Å². The molecular formula is C13H21ClN2O2. The molecule has 0 aliphatic carbocycles. The third-order valence-corrected chi connectivity index (χ3v) is 2.21. The highest BCUT2D eigenvalue weighted by Gasteiger charge is 2.05. The highest BCUT2D eigenvalue weighted by Crippen LogP contribution is 2.06. The van der Waals surface area contributed by atoms with Crippen molar-refractivity contribution in [2.24, 2.45) is 5.92 Å². The molecule has 102 valence electrons. The summed E-state index contributed by atoms with van der Waals surface area (Å²) in [4.78, 5) is 11.6. The van der Waals surface area contributed by atoms with Gasteiger partial charge in [0.25, 0.3) is 0 Å². The normalized spacial score (nSPS) is 9.94. The number of halogens is 1. The molecular weight excluding hydrogens is 252 g/mol. The molecule has 1 aromatic carbocycles. The highest BCUT2D eigenvalue weighted by atomic mass is 35.5. The van der Waals surface area contributed by atoms with Crippen LogP contribution in [0.4, 0.5) is 5.69 Å². The molecule has 4 nitrogen and oxygen atoms in total. The van der Waals surface area contributed by atoms with Gasteiger partial charge < -0.3 is 15.8 Å². The summed E-state index contributed by atoms with van der Waals surface area (Å²) in [5.41, 5.74) is 6.70. The van der Waals surface area contributed by atoms with Gasteiger partial charge in [0, 0.05) is 12.2 Å². The predicted molar refractivity (Wildman–Crippen MR) is 76.1 cm³/mol. The summed E-state index contributed by atoms with van der Waals surface area (Å²) in [7, 11) is 0. The van der Waals surface area contributed by atoms with Gasteiger partial charge in [0.15, 0.2) is 0 Å². The number of hydrogen-bond donors (Lipinski definition) is 2. The van der Waals surface area contributed by atoms with Gasteiger partial charge in [-0.25, -0.2) is 4.79 Å². The Morgan fingerprint density at radius 3 is 2.50 bits per heavy atom. The molecule has 0 bridgehead atoms. The fraction of sp³-hybridized carbons (Fsp3) is 0.462. The number of anilines is 1. The van der Waals surface area contributed by atoms with Gasteiger partial charge in [-0.1, -0.05) is 13.8 Å². The van der Waals surface area contributed by atoms with Crippen LogP contribution in [-0.4, -0.2) is 25.7 Å². The lowest BCUT2D eigenvalue weighted by Gasteiger charge is -2.08. The summed E-state index contributed by atoms with van der Waals surface area (Å²) < 4.78 is 5.11. The molecule has 0 radical (unpaired) electrons. The van der Waals surface area contributed by atoms with Gasteiger partial charge in [-0.3, -0.25) is 0 Å². The molecule has 3 N–H and O–H groups in total. The Morgan fingerprint density at radius 2 is 1.94 bits per heavy atom. The molecule has 0 fully saturated rings. The van der Waals surface area contributed by atoms with Crippen LogP contribution in [0.5, 0.6) is 0 Å². The van der Waals surface area contributed by atoms with E-state index in [-0.39, 0.29) is 18.4 Å². The Balaban J connectivity index is 0.00000289. The number of ether oxygens (including phenoxy) is 1. The number of nitrogens with two attached hydrogens (primary N) is 1. The lowest BCUT2D eigenvalue weighted by atomic mass is 10.2. The molecule has 1 rings (SSSR count). The van der Waals surface area contributed by atoms with E-state index < -0.39 is 0 Å². The zero-order chi connectivity index (χ0) is 12.7. The van der Waals surface area contributed by atoms with Crippen LogP contribution in [0.25, 0.3) is 0 Å². The van der Waals surface area contributed by atoms with Crippen molar-refractivity contribution in [3.63, 3.8) is 0 Å². The minimum Gasteiger partial charge on any atom is -0.461 e. The molecule has 18 heavy (non-hydrogen) atoms. The van der Waals surface area contributed by atoms with E-state index in [0.717, 1.165) is 6.54 Å². The quantitative estimate of drug-likeness (QED) is 0.473. The van der Waals surface area contributed by atoms with Crippen LogP contribution in [-0.2, 0) is 4.74 Å². The Kier molecular flexibility index (Phi) is 8.16. The molecule has 0 saturated heterocycles. The van der Waals surface area contributed by atoms with E-state index in [2.05, 4.69) is 19.2 Å². The standard InChI is InChI=1S/C13H20N2O2.ClH/c1-10(2)9-15-7-8-17-13(16)11-3-5-12(14)6-4-11;/h3-6,10,15H,7-9,14H2,1-2H3;1H. The smallest absolute Gasteiger partial charge is 0.338 e. The first kappa shape index (κ1) is 16.7. The van der Waals surface area contributed by atoms with Crippen molar-refractivity contribution >= 4 is 24.1 Å². The molecule has 0 saturated carbocycles. The van der Waals surface area contributed by atoms with Crippen molar-refractivity contribution in [1.29, 1.82) is 0 Å². The summed E-state index contributed by atoms with van der Waals surface area (Å²) >= 11 is 0. The minimum atomic E-state index is -0.309. The molecule has 0 aliphatic heterocycles. The van der Waals surface area contributed by atoms with Crippen molar-refractivity contribution in [2.75, 3.05) is 25.4 Å². The van der Waals surface area contributed by atoms with E-state index in [0.29, 0.717) is 30.3 Å². The first-order valence-corrected chi connectivity index (χ1v) is 5.83.